The van der Waals surface area contributed by atoms with Crippen LogP contribution in [0.3, 0.4) is 0 Å². The summed E-state index contributed by atoms with van der Waals surface area (Å²) in [6.45, 7) is 4.51. The predicted molar refractivity (Wildman–Crippen MR) is 95.5 cm³/mol. The number of carbonyl (C=O) groups excluding carboxylic acids is 1. The van der Waals surface area contributed by atoms with Crippen molar-refractivity contribution in [2.45, 2.75) is 104 Å². The molecule has 2 heteroatoms. The quantitative estimate of drug-likeness (QED) is 0.233. The van der Waals surface area contributed by atoms with E-state index in [0.29, 0.717) is 5.92 Å². The van der Waals surface area contributed by atoms with E-state index in [-0.39, 0.29) is 17.4 Å². The molecule has 0 aromatic rings. The fraction of sp³-hybridized carbons (Fsp3) is 0.944. The van der Waals surface area contributed by atoms with E-state index in [1.54, 1.807) is 0 Å². The minimum absolute atomic E-state index is 0. The first-order valence-corrected chi connectivity index (χ1v) is 8.80. The summed E-state index contributed by atoms with van der Waals surface area (Å²) in [5.74, 6) is 0.345. The maximum Gasteiger partial charge on any atom is 0.187 e. The van der Waals surface area contributed by atoms with E-state index in [1.165, 1.54) is 83.3 Å². The number of unbranched alkanes of at least 4 members (excludes halogenated alkanes) is 10. The molecule has 20 heavy (non-hydrogen) atoms. The van der Waals surface area contributed by atoms with Crippen LogP contribution >= 0.6 is 0 Å². The molecule has 0 fully saturated rings. The van der Waals surface area contributed by atoms with Crippen LogP contribution in [0, 0.1) is 5.92 Å². The second-order valence-corrected chi connectivity index (χ2v) is 6.01. The Morgan fingerprint density at radius 2 is 1.00 bits per heavy atom. The normalized spacial score (nSPS) is 10.6. The smallest absolute Gasteiger partial charge is 0.187 e. The van der Waals surface area contributed by atoms with Crippen molar-refractivity contribution >= 4 is 23.6 Å². The van der Waals surface area contributed by atoms with E-state index in [2.05, 4.69) is 13.8 Å². The van der Waals surface area contributed by atoms with E-state index in [0.717, 1.165) is 12.8 Å². The van der Waals surface area contributed by atoms with Crippen LogP contribution in [0.5, 0.6) is 0 Å². The van der Waals surface area contributed by atoms with Gasteiger partial charge < -0.3 is 4.79 Å². The molecule has 0 amide bonds. The van der Waals surface area contributed by atoms with Gasteiger partial charge in [0.1, 0.15) is 6.29 Å². The second-order valence-electron chi connectivity index (χ2n) is 6.01. The summed E-state index contributed by atoms with van der Waals surface area (Å²) in [6, 6.07) is 0. The van der Waals surface area contributed by atoms with E-state index >= 15 is 0 Å². The lowest BCUT2D eigenvalue weighted by atomic mass is 9.95. The number of rotatable bonds is 15. The third-order valence-corrected chi connectivity index (χ3v) is 4.05. The van der Waals surface area contributed by atoms with Crippen molar-refractivity contribution in [2.75, 3.05) is 0 Å². The molecule has 0 radical (unpaired) electrons. The molecule has 0 N–H and O–H groups in total. The highest BCUT2D eigenvalue weighted by molar-refractivity contribution is 5.75. The monoisotopic (exact) mass is 298 g/mol. The molecule has 0 spiro atoms. The van der Waals surface area contributed by atoms with Gasteiger partial charge in [-0.3, -0.25) is 0 Å². The lowest BCUT2D eigenvalue weighted by Gasteiger charge is -2.09. The molecule has 0 aromatic carbocycles. The number of carbonyl (C=O) groups is 1. The maximum absolute atomic E-state index is 11.0. The fourth-order valence-electron chi connectivity index (χ4n) is 2.65. The van der Waals surface area contributed by atoms with Crippen molar-refractivity contribution < 1.29 is 4.79 Å². The van der Waals surface area contributed by atoms with Crippen LogP contribution in [0.15, 0.2) is 0 Å². The zero-order chi connectivity index (χ0) is 14.2. The molecular weight excluding hydrogens is 259 g/mol. The molecule has 0 aliphatic heterocycles. The van der Waals surface area contributed by atoms with Gasteiger partial charge >= 0.3 is 0 Å². The van der Waals surface area contributed by atoms with Gasteiger partial charge in [0.15, 0.2) is 17.4 Å². The van der Waals surface area contributed by atoms with Crippen molar-refractivity contribution in [1.29, 1.82) is 0 Å². The minimum Gasteiger partial charge on any atom is -0.303 e. The van der Waals surface area contributed by atoms with Crippen LogP contribution in [0.2, 0.25) is 0 Å². The van der Waals surface area contributed by atoms with E-state index in [4.69, 9.17) is 0 Å². The van der Waals surface area contributed by atoms with Crippen molar-refractivity contribution in [3.8, 4) is 0 Å². The Bertz CT molecular complexity index is 166. The average molecular weight is 298 g/mol. The van der Waals surface area contributed by atoms with Crippen LogP contribution in [0.4, 0.5) is 0 Å². The first kappa shape index (κ1) is 22.5. The first-order valence-electron chi connectivity index (χ1n) is 8.80. The zero-order valence-corrected chi connectivity index (χ0v) is 13.5. The molecule has 0 saturated carbocycles. The van der Waals surface area contributed by atoms with Crippen LogP contribution in [-0.4, -0.2) is 23.6 Å². The Morgan fingerprint density at radius 3 is 1.35 bits per heavy atom. The lowest BCUT2D eigenvalue weighted by molar-refractivity contribution is -0.111. The molecule has 0 heterocycles. The average Bonchev–Trinajstić information content (AvgIpc) is 2.44. The van der Waals surface area contributed by atoms with Gasteiger partial charge in [0.2, 0.25) is 0 Å². The Morgan fingerprint density at radius 1 is 0.650 bits per heavy atom. The lowest BCUT2D eigenvalue weighted by Crippen LogP contribution is -2.02. The van der Waals surface area contributed by atoms with Gasteiger partial charge in [-0.1, -0.05) is 90.9 Å². The molecule has 120 valence electrons. The van der Waals surface area contributed by atoms with Crippen LogP contribution < -0.4 is 0 Å². The van der Waals surface area contributed by atoms with Gasteiger partial charge in [-0.2, -0.15) is 0 Å². The molecular formula is C18H39AlO. The van der Waals surface area contributed by atoms with Crippen molar-refractivity contribution in [3.05, 3.63) is 0 Å². The highest BCUT2D eigenvalue weighted by Crippen LogP contribution is 2.17. The SMILES string of the molecule is CCCCCCCCC(C=O)CCCCCCCC.[AlH3]. The zero-order valence-electron chi connectivity index (χ0n) is 13.5. The van der Waals surface area contributed by atoms with Gasteiger partial charge in [0, 0.05) is 5.92 Å². The fourth-order valence-corrected chi connectivity index (χ4v) is 2.65. The molecule has 0 bridgehead atoms. The molecule has 0 aromatic heterocycles. The summed E-state index contributed by atoms with van der Waals surface area (Å²) in [5.41, 5.74) is 0. The molecule has 0 rings (SSSR count). The first-order chi connectivity index (χ1) is 9.35. The van der Waals surface area contributed by atoms with Crippen LogP contribution in [-0.2, 0) is 4.79 Å². The van der Waals surface area contributed by atoms with Crippen molar-refractivity contribution in [3.63, 3.8) is 0 Å². The summed E-state index contributed by atoms with van der Waals surface area (Å²) in [6.07, 6.45) is 19.4. The Hall–Kier alpha value is 0.202. The molecule has 0 aliphatic rings. The maximum atomic E-state index is 11.0. The highest BCUT2D eigenvalue weighted by atomic mass is 27.0. The third kappa shape index (κ3) is 16.3. The van der Waals surface area contributed by atoms with E-state index in [1.807, 2.05) is 0 Å². The number of hydrogen-bond acceptors (Lipinski definition) is 1. The molecule has 0 unspecified atom stereocenters. The van der Waals surface area contributed by atoms with Gasteiger partial charge in [0.25, 0.3) is 0 Å². The molecule has 1 nitrogen and oxygen atoms in total. The Labute approximate surface area is 138 Å². The highest BCUT2D eigenvalue weighted by Gasteiger charge is 2.06. The topological polar surface area (TPSA) is 17.1 Å². The van der Waals surface area contributed by atoms with Crippen LogP contribution in [0.1, 0.15) is 104 Å². The summed E-state index contributed by atoms with van der Waals surface area (Å²) in [7, 11) is 0. The Kier molecular flexibility index (Phi) is 21.6. The van der Waals surface area contributed by atoms with E-state index < -0.39 is 0 Å². The molecule has 0 saturated heterocycles. The predicted octanol–water partition coefficient (Wildman–Crippen LogP) is 5.12. The van der Waals surface area contributed by atoms with E-state index in [9.17, 15) is 4.79 Å². The standard InChI is InChI=1S/C18H36O.Al.3H/c1-3-5-7-9-11-13-15-18(17-19)16-14-12-10-8-6-4-2;;;;/h17-18H,3-16H2,1-2H3;;;;. The summed E-state index contributed by atoms with van der Waals surface area (Å²) >= 11 is 0. The van der Waals surface area contributed by atoms with Gasteiger partial charge in [-0.25, -0.2) is 0 Å². The third-order valence-electron chi connectivity index (χ3n) is 4.05. The molecule has 0 atom stereocenters. The number of hydrogen-bond donors (Lipinski definition) is 0. The van der Waals surface area contributed by atoms with Crippen molar-refractivity contribution in [1.82, 2.24) is 0 Å². The Balaban J connectivity index is 0. The largest absolute Gasteiger partial charge is 0.303 e. The summed E-state index contributed by atoms with van der Waals surface area (Å²) in [4.78, 5) is 11.0. The van der Waals surface area contributed by atoms with Gasteiger partial charge in [0.05, 0.1) is 0 Å². The second kappa shape index (κ2) is 19.2. The minimum atomic E-state index is 0. The van der Waals surface area contributed by atoms with Crippen molar-refractivity contribution in [2.24, 2.45) is 5.92 Å². The van der Waals surface area contributed by atoms with Crippen LogP contribution in [0.25, 0.3) is 0 Å². The van der Waals surface area contributed by atoms with Gasteiger partial charge in [-0.05, 0) is 12.8 Å². The number of aldehydes is 1. The summed E-state index contributed by atoms with van der Waals surface area (Å²) < 4.78 is 0. The van der Waals surface area contributed by atoms with Gasteiger partial charge in [-0.15, -0.1) is 0 Å². The molecule has 0 aliphatic carbocycles. The summed E-state index contributed by atoms with van der Waals surface area (Å²) in [5, 5.41) is 0.